The van der Waals surface area contributed by atoms with E-state index in [1.54, 1.807) is 0 Å². The Balaban J connectivity index is 1.53. The first-order valence-electron chi connectivity index (χ1n) is 6.46. The topological polar surface area (TPSA) is 94.3 Å². The van der Waals surface area contributed by atoms with E-state index in [0.717, 1.165) is 13.0 Å². The van der Waals surface area contributed by atoms with Crippen LogP contribution < -0.4 is 5.32 Å². The summed E-state index contributed by atoms with van der Waals surface area (Å²) in [5.41, 5.74) is 0. The maximum Gasteiger partial charge on any atom is 0.240 e. The van der Waals surface area contributed by atoms with Crippen molar-refractivity contribution in [3.05, 3.63) is 11.7 Å². The van der Waals surface area contributed by atoms with E-state index in [2.05, 4.69) is 15.5 Å². The highest BCUT2D eigenvalue weighted by molar-refractivity contribution is 7.91. The van der Waals surface area contributed by atoms with Crippen LogP contribution in [0.4, 0.5) is 0 Å². The Morgan fingerprint density at radius 1 is 1.37 bits per heavy atom. The zero-order chi connectivity index (χ0) is 13.3. The van der Waals surface area contributed by atoms with Crippen LogP contribution in [-0.4, -0.2) is 49.3 Å². The normalized spacial score (nSPS) is 29.9. The molecule has 0 aliphatic carbocycles. The number of nitrogens with zero attached hydrogens (tertiary/aromatic N) is 2. The average Bonchev–Trinajstić information content (AvgIpc) is 3.04. The maximum absolute atomic E-state index is 11.3. The molecule has 0 bridgehead atoms. The number of hydrogen-bond donors (Lipinski definition) is 1. The Hall–Kier alpha value is -0.990. The molecule has 0 radical (unpaired) electrons. The third-order valence-corrected chi connectivity index (χ3v) is 5.32. The van der Waals surface area contributed by atoms with E-state index in [0.29, 0.717) is 31.3 Å². The quantitative estimate of drug-likeness (QED) is 0.823. The molecule has 1 aromatic rings. The van der Waals surface area contributed by atoms with Crippen LogP contribution in [0.25, 0.3) is 0 Å². The molecule has 0 amide bonds. The van der Waals surface area contributed by atoms with E-state index in [9.17, 15) is 8.42 Å². The second-order valence-corrected chi connectivity index (χ2v) is 7.32. The highest BCUT2D eigenvalue weighted by atomic mass is 32.2. The van der Waals surface area contributed by atoms with E-state index in [4.69, 9.17) is 9.26 Å². The number of hydrogen-bond acceptors (Lipinski definition) is 7. The first kappa shape index (κ1) is 13.0. The minimum Gasteiger partial charge on any atom is -0.381 e. The monoisotopic (exact) mass is 287 g/mol. The van der Waals surface area contributed by atoms with Gasteiger partial charge in [-0.1, -0.05) is 5.16 Å². The maximum atomic E-state index is 11.3. The summed E-state index contributed by atoms with van der Waals surface area (Å²) >= 11 is 0. The van der Waals surface area contributed by atoms with Gasteiger partial charge in [0.2, 0.25) is 5.89 Å². The van der Waals surface area contributed by atoms with Crippen LogP contribution in [0.1, 0.15) is 30.5 Å². The lowest BCUT2D eigenvalue weighted by molar-refractivity contribution is 0.192. The van der Waals surface area contributed by atoms with Crippen molar-refractivity contribution < 1.29 is 17.7 Å². The zero-order valence-electron chi connectivity index (χ0n) is 10.5. The van der Waals surface area contributed by atoms with Gasteiger partial charge < -0.3 is 14.6 Å². The van der Waals surface area contributed by atoms with Gasteiger partial charge in [-0.15, -0.1) is 0 Å². The predicted octanol–water partition coefficient (Wildman–Crippen LogP) is -0.150. The van der Waals surface area contributed by atoms with E-state index in [-0.39, 0.29) is 23.5 Å². The highest BCUT2D eigenvalue weighted by Crippen LogP contribution is 2.22. The third kappa shape index (κ3) is 3.13. The number of rotatable bonds is 4. The van der Waals surface area contributed by atoms with E-state index in [1.807, 2.05) is 0 Å². The van der Waals surface area contributed by atoms with Crippen LogP contribution in [0.15, 0.2) is 4.52 Å². The Bertz CT molecular complexity index is 536. The van der Waals surface area contributed by atoms with Crippen LogP contribution in [0.3, 0.4) is 0 Å². The van der Waals surface area contributed by atoms with Crippen LogP contribution in [0.5, 0.6) is 0 Å². The van der Waals surface area contributed by atoms with E-state index >= 15 is 0 Å². The molecule has 2 aliphatic heterocycles. The second-order valence-electron chi connectivity index (χ2n) is 5.09. The molecule has 7 nitrogen and oxygen atoms in total. The largest absolute Gasteiger partial charge is 0.381 e. The fraction of sp³-hybridized carbons (Fsp3) is 0.818. The van der Waals surface area contributed by atoms with Gasteiger partial charge in [-0.05, 0) is 12.8 Å². The summed E-state index contributed by atoms with van der Waals surface area (Å²) in [6, 6.07) is -0.00448. The smallest absolute Gasteiger partial charge is 0.240 e. The molecule has 0 aromatic carbocycles. The summed E-state index contributed by atoms with van der Waals surface area (Å²) in [5.74, 6) is 1.88. The molecule has 0 spiro atoms. The van der Waals surface area contributed by atoms with Gasteiger partial charge >= 0.3 is 0 Å². The third-order valence-electron chi connectivity index (χ3n) is 3.55. The van der Waals surface area contributed by atoms with Gasteiger partial charge in [0, 0.05) is 18.6 Å². The van der Waals surface area contributed by atoms with Gasteiger partial charge in [-0.2, -0.15) is 4.98 Å². The zero-order valence-corrected chi connectivity index (χ0v) is 11.4. The van der Waals surface area contributed by atoms with Gasteiger partial charge in [0.25, 0.3) is 0 Å². The molecule has 2 fully saturated rings. The van der Waals surface area contributed by atoms with Crippen molar-refractivity contribution in [2.45, 2.75) is 31.3 Å². The average molecular weight is 287 g/mol. The summed E-state index contributed by atoms with van der Waals surface area (Å²) < 4.78 is 33.1. The molecule has 3 heterocycles. The molecular weight excluding hydrogens is 270 g/mol. The summed E-state index contributed by atoms with van der Waals surface area (Å²) in [6.07, 6.45) is 1.58. The molecule has 2 saturated heterocycles. The number of sulfone groups is 1. The highest BCUT2D eigenvalue weighted by Gasteiger charge is 2.28. The molecule has 1 N–H and O–H groups in total. The summed E-state index contributed by atoms with van der Waals surface area (Å²) in [4.78, 5) is 4.32. The number of nitrogens with one attached hydrogen (secondary N) is 1. The van der Waals surface area contributed by atoms with Crippen molar-refractivity contribution >= 4 is 9.84 Å². The second kappa shape index (κ2) is 5.18. The lowest BCUT2D eigenvalue weighted by Gasteiger charge is -2.07. The lowest BCUT2D eigenvalue weighted by atomic mass is 10.1. The van der Waals surface area contributed by atoms with Gasteiger partial charge in [0.05, 0.1) is 24.7 Å². The van der Waals surface area contributed by atoms with Crippen LogP contribution in [-0.2, 0) is 21.1 Å². The van der Waals surface area contributed by atoms with Crippen molar-refractivity contribution in [2.24, 2.45) is 0 Å². The van der Waals surface area contributed by atoms with Crippen LogP contribution in [0, 0.1) is 0 Å². The molecule has 2 unspecified atom stereocenters. The minimum absolute atomic E-state index is 0.00448. The van der Waals surface area contributed by atoms with Gasteiger partial charge in [0.1, 0.15) is 0 Å². The molecular formula is C11H17N3O4S. The molecule has 19 heavy (non-hydrogen) atoms. The SMILES string of the molecule is O=S1(=O)CCC(NCc2nc(C3CCOC3)no2)C1. The minimum atomic E-state index is -2.85. The molecule has 3 rings (SSSR count). The Morgan fingerprint density at radius 2 is 2.26 bits per heavy atom. The Morgan fingerprint density at radius 3 is 2.95 bits per heavy atom. The van der Waals surface area contributed by atoms with Gasteiger partial charge in [0.15, 0.2) is 15.7 Å². The van der Waals surface area contributed by atoms with Crippen molar-refractivity contribution in [3.63, 3.8) is 0 Å². The fourth-order valence-electron chi connectivity index (χ4n) is 2.43. The van der Waals surface area contributed by atoms with Crippen molar-refractivity contribution in [3.8, 4) is 0 Å². The van der Waals surface area contributed by atoms with Crippen LogP contribution in [0.2, 0.25) is 0 Å². The molecule has 1 aromatic heterocycles. The van der Waals surface area contributed by atoms with Crippen molar-refractivity contribution in [2.75, 3.05) is 24.7 Å². The fourth-order valence-corrected chi connectivity index (χ4v) is 4.14. The summed E-state index contributed by atoms with van der Waals surface area (Å²) in [6.45, 7) is 1.81. The van der Waals surface area contributed by atoms with Crippen LogP contribution >= 0.6 is 0 Å². The lowest BCUT2D eigenvalue weighted by Crippen LogP contribution is -2.29. The first-order valence-corrected chi connectivity index (χ1v) is 8.28. The van der Waals surface area contributed by atoms with Crippen molar-refractivity contribution in [1.82, 2.24) is 15.5 Å². The molecule has 0 saturated carbocycles. The van der Waals surface area contributed by atoms with Crippen molar-refractivity contribution in [1.29, 1.82) is 0 Å². The molecule has 2 atom stereocenters. The van der Waals surface area contributed by atoms with Gasteiger partial charge in [-0.3, -0.25) is 0 Å². The number of ether oxygens (including phenoxy) is 1. The number of aromatic nitrogens is 2. The Labute approximate surface area is 111 Å². The van der Waals surface area contributed by atoms with E-state index < -0.39 is 9.84 Å². The Kier molecular flexibility index (Phi) is 3.55. The first-order chi connectivity index (χ1) is 9.12. The predicted molar refractivity (Wildman–Crippen MR) is 66.4 cm³/mol. The van der Waals surface area contributed by atoms with Gasteiger partial charge in [-0.25, -0.2) is 8.42 Å². The molecule has 8 heteroatoms. The summed E-state index contributed by atoms with van der Waals surface area (Å²) in [5, 5.41) is 7.10. The molecule has 106 valence electrons. The summed E-state index contributed by atoms with van der Waals surface area (Å²) in [7, 11) is -2.85. The molecule has 2 aliphatic rings. The standard InChI is InChI=1S/C11H17N3O4S/c15-19(16)4-2-9(7-19)12-5-10-13-11(14-18-10)8-1-3-17-6-8/h8-9,12H,1-7H2. The van der Waals surface area contributed by atoms with E-state index in [1.165, 1.54) is 0 Å².